The number of carboxylic acid groups (broad SMARTS) is 1. The van der Waals surface area contributed by atoms with Gasteiger partial charge in [-0.3, -0.25) is 0 Å². The highest BCUT2D eigenvalue weighted by Crippen LogP contribution is 2.38. The van der Waals surface area contributed by atoms with Crippen LogP contribution in [-0.2, 0) is 4.43 Å². The van der Waals surface area contributed by atoms with Crippen molar-refractivity contribution in [3.8, 4) is 0 Å². The molecule has 0 saturated carbocycles. The third-order valence-electron chi connectivity index (χ3n) is 5.50. The van der Waals surface area contributed by atoms with Gasteiger partial charge in [-0.1, -0.05) is 81.4 Å². The molecular weight excluding hydrogens is 373 g/mol. The van der Waals surface area contributed by atoms with Crippen LogP contribution in [0.5, 0.6) is 0 Å². The van der Waals surface area contributed by atoms with Gasteiger partial charge in [0.2, 0.25) is 0 Å². The summed E-state index contributed by atoms with van der Waals surface area (Å²) in [5, 5.41) is 11.1. The Hall–Kier alpha value is -2.18. The summed E-state index contributed by atoms with van der Waals surface area (Å²) >= 11 is 0. The molecule has 1 saturated heterocycles. The summed E-state index contributed by atoms with van der Waals surface area (Å²) in [6.07, 6.45) is -2.68. The van der Waals surface area contributed by atoms with Crippen molar-refractivity contribution in [1.29, 1.82) is 0 Å². The van der Waals surface area contributed by atoms with Crippen LogP contribution >= 0.6 is 0 Å². The lowest BCUT2D eigenvalue weighted by molar-refractivity contribution is 0.0196. The number of rotatable bonds is 4. The second kappa shape index (κ2) is 8.05. The van der Waals surface area contributed by atoms with Gasteiger partial charge >= 0.3 is 6.09 Å². The van der Waals surface area contributed by atoms with Crippen molar-refractivity contribution < 1.29 is 18.7 Å². The Morgan fingerprint density at radius 2 is 1.57 bits per heavy atom. The van der Waals surface area contributed by atoms with Crippen LogP contribution in [0.3, 0.4) is 0 Å². The molecule has 0 unspecified atom stereocenters. The van der Waals surface area contributed by atoms with E-state index in [9.17, 15) is 9.90 Å². The van der Waals surface area contributed by atoms with Crippen LogP contribution < -0.4 is 10.4 Å². The van der Waals surface area contributed by atoms with Gasteiger partial charge < -0.3 is 14.4 Å². The number of piperidine rings is 1. The monoisotopic (exact) mass is 401 g/mol. The van der Waals surface area contributed by atoms with Crippen LogP contribution in [0.4, 0.5) is 9.18 Å². The van der Waals surface area contributed by atoms with Gasteiger partial charge in [-0.25, -0.2) is 9.18 Å². The number of likely N-dealkylation sites (tertiary alicyclic amines) is 1. The highest BCUT2D eigenvalue weighted by molar-refractivity contribution is 6.99. The van der Waals surface area contributed by atoms with Gasteiger partial charge in [-0.05, 0) is 21.8 Å². The maximum absolute atomic E-state index is 15.0. The maximum Gasteiger partial charge on any atom is 0.407 e. The molecule has 1 aliphatic heterocycles. The minimum atomic E-state index is -2.83. The molecule has 0 aliphatic carbocycles. The summed E-state index contributed by atoms with van der Waals surface area (Å²) in [7, 11) is -2.83. The Labute approximate surface area is 167 Å². The number of halogens is 1. The molecule has 2 aromatic carbocycles. The Morgan fingerprint density at radius 3 is 1.96 bits per heavy atom. The zero-order valence-electron chi connectivity index (χ0n) is 16.6. The minimum absolute atomic E-state index is 0.141. The first-order valence-electron chi connectivity index (χ1n) is 9.66. The average Bonchev–Trinajstić information content (AvgIpc) is 2.67. The first-order chi connectivity index (χ1) is 13.3. The number of hydrogen-bond donors (Lipinski definition) is 1. The van der Waals surface area contributed by atoms with Crippen LogP contribution in [-0.4, -0.2) is 49.8 Å². The molecule has 1 aliphatic rings. The number of hydrogen-bond acceptors (Lipinski definition) is 2. The number of amides is 1. The van der Waals surface area contributed by atoms with E-state index in [4.69, 9.17) is 4.43 Å². The minimum Gasteiger partial charge on any atom is -0.465 e. The van der Waals surface area contributed by atoms with Crippen molar-refractivity contribution in [3.63, 3.8) is 0 Å². The molecule has 1 N–H and O–H groups in total. The largest absolute Gasteiger partial charge is 0.465 e. The van der Waals surface area contributed by atoms with Gasteiger partial charge in [0.15, 0.2) is 0 Å². The molecular formula is C22H28FNO3Si. The first kappa shape index (κ1) is 20.5. The Bertz CT molecular complexity index is 755. The molecule has 0 aromatic heterocycles. The molecule has 6 heteroatoms. The predicted molar refractivity (Wildman–Crippen MR) is 112 cm³/mol. The number of carbonyl (C=O) groups is 1. The van der Waals surface area contributed by atoms with Crippen molar-refractivity contribution in [3.05, 3.63) is 60.7 Å². The summed E-state index contributed by atoms with van der Waals surface area (Å²) in [6.45, 7) is 6.60. The summed E-state index contributed by atoms with van der Waals surface area (Å²) < 4.78 is 21.8. The third kappa shape index (κ3) is 3.84. The Morgan fingerprint density at radius 1 is 1.07 bits per heavy atom. The summed E-state index contributed by atoms with van der Waals surface area (Å²) in [5.41, 5.74) is 0. The Balaban J connectivity index is 2.06. The van der Waals surface area contributed by atoms with E-state index in [1.165, 1.54) is 0 Å². The molecule has 1 amide bonds. The summed E-state index contributed by atoms with van der Waals surface area (Å²) in [4.78, 5) is 12.4. The molecule has 3 rings (SSSR count). The van der Waals surface area contributed by atoms with Gasteiger partial charge in [0.25, 0.3) is 8.32 Å². The quantitative estimate of drug-likeness (QED) is 0.796. The standard InChI is InChI=1S/C22H28FNO3Si/c1-22(2,3)28(17-10-6-4-7-11-17,18-12-8-5-9-13-18)27-20-14-15-24(21(25)26)16-19(20)23/h4-13,19-20H,14-16H2,1-3H3,(H,25,26)/t19-,20+/m0/s1. The van der Waals surface area contributed by atoms with Crippen LogP contribution in [0, 0.1) is 0 Å². The molecule has 0 bridgehead atoms. The molecule has 28 heavy (non-hydrogen) atoms. The summed E-state index contributed by atoms with van der Waals surface area (Å²) in [5.74, 6) is 0. The normalized spacial score (nSPS) is 20.8. The maximum atomic E-state index is 15.0. The smallest absolute Gasteiger partial charge is 0.407 e. The van der Waals surface area contributed by atoms with E-state index in [1.807, 2.05) is 36.4 Å². The third-order valence-corrected chi connectivity index (χ3v) is 10.6. The molecule has 2 aromatic rings. The fourth-order valence-electron chi connectivity index (χ4n) is 4.11. The molecule has 4 nitrogen and oxygen atoms in total. The van der Waals surface area contributed by atoms with Gasteiger partial charge in [0, 0.05) is 6.54 Å². The fraction of sp³-hybridized carbons (Fsp3) is 0.409. The zero-order valence-corrected chi connectivity index (χ0v) is 17.6. The van der Waals surface area contributed by atoms with Gasteiger partial charge in [-0.2, -0.15) is 0 Å². The highest BCUT2D eigenvalue weighted by Gasteiger charge is 2.52. The number of alkyl halides is 1. The van der Waals surface area contributed by atoms with E-state index in [0.717, 1.165) is 15.3 Å². The molecule has 150 valence electrons. The second-order valence-corrected chi connectivity index (χ2v) is 12.6. The first-order valence-corrected chi connectivity index (χ1v) is 11.6. The summed E-state index contributed by atoms with van der Waals surface area (Å²) in [6, 6.07) is 20.2. The average molecular weight is 402 g/mol. The lowest BCUT2D eigenvalue weighted by Gasteiger charge is -2.47. The van der Waals surface area contributed by atoms with Gasteiger partial charge in [0.1, 0.15) is 6.17 Å². The van der Waals surface area contributed by atoms with Crippen LogP contribution in [0.1, 0.15) is 27.2 Å². The highest BCUT2D eigenvalue weighted by atomic mass is 28.4. The van der Waals surface area contributed by atoms with Gasteiger partial charge in [0.05, 0.1) is 12.6 Å². The molecule has 1 fully saturated rings. The number of nitrogens with zero attached hydrogens (tertiary/aromatic N) is 1. The molecule has 1 heterocycles. The van der Waals surface area contributed by atoms with E-state index >= 15 is 4.39 Å². The molecule has 0 spiro atoms. The SMILES string of the molecule is CC(C)(C)[Si](O[C@@H]1CCN(C(=O)O)C[C@@H]1F)(c1ccccc1)c1ccccc1. The van der Waals surface area contributed by atoms with Crippen molar-refractivity contribution in [2.24, 2.45) is 0 Å². The topological polar surface area (TPSA) is 49.8 Å². The molecule has 2 atom stereocenters. The van der Waals surface area contributed by atoms with Crippen molar-refractivity contribution >= 4 is 24.8 Å². The number of benzene rings is 2. The van der Waals surface area contributed by atoms with E-state index in [2.05, 4.69) is 45.0 Å². The van der Waals surface area contributed by atoms with Crippen molar-refractivity contribution in [1.82, 2.24) is 4.90 Å². The van der Waals surface area contributed by atoms with E-state index in [1.54, 1.807) is 0 Å². The van der Waals surface area contributed by atoms with E-state index < -0.39 is 26.7 Å². The lowest BCUT2D eigenvalue weighted by Crippen LogP contribution is -2.69. The van der Waals surface area contributed by atoms with E-state index in [-0.39, 0.29) is 11.6 Å². The van der Waals surface area contributed by atoms with Crippen molar-refractivity contribution in [2.45, 2.75) is 44.5 Å². The van der Waals surface area contributed by atoms with Crippen LogP contribution in [0.2, 0.25) is 5.04 Å². The van der Waals surface area contributed by atoms with Gasteiger partial charge in [-0.15, -0.1) is 0 Å². The lowest BCUT2D eigenvalue weighted by atomic mass is 10.1. The van der Waals surface area contributed by atoms with E-state index in [0.29, 0.717) is 13.0 Å². The second-order valence-electron chi connectivity index (χ2n) is 8.35. The van der Waals surface area contributed by atoms with Crippen molar-refractivity contribution in [2.75, 3.05) is 13.1 Å². The zero-order chi connectivity index (χ0) is 20.4. The molecule has 0 radical (unpaired) electrons. The Kier molecular flexibility index (Phi) is 5.91. The van der Waals surface area contributed by atoms with Crippen LogP contribution in [0.15, 0.2) is 60.7 Å². The fourth-order valence-corrected chi connectivity index (χ4v) is 8.84. The van der Waals surface area contributed by atoms with Crippen LogP contribution in [0.25, 0.3) is 0 Å². The predicted octanol–water partition coefficient (Wildman–Crippen LogP) is 3.65.